The zero-order chi connectivity index (χ0) is 17.1. The molecule has 4 nitrogen and oxygen atoms in total. The summed E-state index contributed by atoms with van der Waals surface area (Å²) in [5.74, 6) is 1.35. The molecule has 1 N–H and O–H groups in total. The number of aromatic nitrogens is 2. The zero-order valence-corrected chi connectivity index (χ0v) is 15.5. The molecule has 0 aliphatic heterocycles. The van der Waals surface area contributed by atoms with Gasteiger partial charge in [0.05, 0.1) is 12.1 Å². The Kier molecular flexibility index (Phi) is 5.33. The molecule has 24 heavy (non-hydrogen) atoms. The smallest absolute Gasteiger partial charge is 0.159 e. The van der Waals surface area contributed by atoms with E-state index in [4.69, 9.17) is 27.9 Å². The van der Waals surface area contributed by atoms with Crippen LogP contribution in [0.25, 0.3) is 10.8 Å². The summed E-state index contributed by atoms with van der Waals surface area (Å²) in [6.45, 7) is 0.568. The van der Waals surface area contributed by atoms with Crippen molar-refractivity contribution in [2.45, 2.75) is 11.4 Å². The first-order valence-electron chi connectivity index (χ1n) is 7.18. The predicted molar refractivity (Wildman–Crippen MR) is 102 cm³/mol. The van der Waals surface area contributed by atoms with Crippen molar-refractivity contribution in [2.24, 2.45) is 0 Å². The molecule has 0 bridgehead atoms. The third kappa shape index (κ3) is 3.53. The Morgan fingerprint density at radius 2 is 1.92 bits per heavy atom. The molecule has 0 unspecified atom stereocenters. The van der Waals surface area contributed by atoms with Crippen LogP contribution in [0.3, 0.4) is 0 Å². The van der Waals surface area contributed by atoms with Crippen LogP contribution in [-0.2, 0) is 6.54 Å². The van der Waals surface area contributed by atoms with E-state index in [9.17, 15) is 0 Å². The van der Waals surface area contributed by atoms with E-state index in [-0.39, 0.29) is 0 Å². The predicted octanol–water partition coefficient (Wildman–Crippen LogP) is 5.28. The van der Waals surface area contributed by atoms with Crippen LogP contribution in [0.1, 0.15) is 5.56 Å². The maximum Gasteiger partial charge on any atom is 0.159 e. The van der Waals surface area contributed by atoms with Crippen LogP contribution in [0.2, 0.25) is 10.2 Å². The lowest BCUT2D eigenvalue weighted by Crippen LogP contribution is -2.04. The SMILES string of the molecule is COc1ccc(CNc2nnc(Cl)c3ccc(SC)cc23)cc1Cl. The van der Waals surface area contributed by atoms with E-state index >= 15 is 0 Å². The number of methoxy groups -OCH3 is 1. The van der Waals surface area contributed by atoms with E-state index in [0.717, 1.165) is 21.2 Å². The molecule has 0 saturated heterocycles. The Morgan fingerprint density at radius 1 is 1.08 bits per heavy atom. The Labute approximate surface area is 154 Å². The average molecular weight is 380 g/mol. The molecule has 0 atom stereocenters. The summed E-state index contributed by atoms with van der Waals surface area (Å²) >= 11 is 14.0. The number of fused-ring (bicyclic) bond motifs is 1. The van der Waals surface area contributed by atoms with Gasteiger partial charge in [-0.2, -0.15) is 0 Å². The maximum atomic E-state index is 6.17. The standard InChI is InChI=1S/C17H15Cl2N3OS/c1-23-15-6-3-10(7-14(15)18)9-20-17-13-8-11(24-2)4-5-12(13)16(19)21-22-17/h3-8H,9H2,1-2H3,(H,20,22). The van der Waals surface area contributed by atoms with Crippen LogP contribution in [0, 0.1) is 0 Å². The number of nitrogens with one attached hydrogen (secondary N) is 1. The molecule has 0 amide bonds. The first-order valence-corrected chi connectivity index (χ1v) is 9.16. The number of rotatable bonds is 5. The van der Waals surface area contributed by atoms with Crippen molar-refractivity contribution in [3.05, 3.63) is 52.1 Å². The van der Waals surface area contributed by atoms with Crippen molar-refractivity contribution < 1.29 is 4.74 Å². The number of hydrogen-bond acceptors (Lipinski definition) is 5. The number of anilines is 1. The Morgan fingerprint density at radius 3 is 2.62 bits per heavy atom. The van der Waals surface area contributed by atoms with Crippen LogP contribution < -0.4 is 10.1 Å². The summed E-state index contributed by atoms with van der Waals surface area (Å²) in [4.78, 5) is 1.14. The maximum absolute atomic E-state index is 6.17. The summed E-state index contributed by atoms with van der Waals surface area (Å²) in [7, 11) is 1.60. The summed E-state index contributed by atoms with van der Waals surface area (Å²) in [5, 5.41) is 14.3. The second kappa shape index (κ2) is 7.47. The van der Waals surface area contributed by atoms with E-state index in [1.165, 1.54) is 0 Å². The van der Waals surface area contributed by atoms with Gasteiger partial charge in [0.15, 0.2) is 11.0 Å². The van der Waals surface area contributed by atoms with Crippen molar-refractivity contribution in [3.63, 3.8) is 0 Å². The van der Waals surface area contributed by atoms with Crippen molar-refractivity contribution in [1.29, 1.82) is 0 Å². The molecule has 0 radical (unpaired) electrons. The van der Waals surface area contributed by atoms with Crippen LogP contribution in [0.5, 0.6) is 5.75 Å². The molecule has 0 aliphatic rings. The fourth-order valence-corrected chi connectivity index (χ4v) is 3.29. The summed E-state index contributed by atoms with van der Waals surface area (Å²) in [6.07, 6.45) is 2.03. The van der Waals surface area contributed by atoms with Gasteiger partial charge in [0, 0.05) is 22.2 Å². The highest BCUT2D eigenvalue weighted by Crippen LogP contribution is 2.30. The second-order valence-corrected chi connectivity index (χ2v) is 6.72. The highest BCUT2D eigenvalue weighted by molar-refractivity contribution is 7.98. The van der Waals surface area contributed by atoms with Crippen molar-refractivity contribution in [2.75, 3.05) is 18.7 Å². The van der Waals surface area contributed by atoms with Gasteiger partial charge in [-0.15, -0.1) is 22.0 Å². The number of nitrogens with zero attached hydrogens (tertiary/aromatic N) is 2. The van der Waals surface area contributed by atoms with Crippen LogP contribution in [0.15, 0.2) is 41.3 Å². The van der Waals surface area contributed by atoms with Crippen molar-refractivity contribution in [3.8, 4) is 5.75 Å². The van der Waals surface area contributed by atoms with Gasteiger partial charge in [0.25, 0.3) is 0 Å². The van der Waals surface area contributed by atoms with Gasteiger partial charge in [-0.3, -0.25) is 0 Å². The first-order chi connectivity index (χ1) is 11.6. The van der Waals surface area contributed by atoms with E-state index in [2.05, 4.69) is 21.6 Å². The quantitative estimate of drug-likeness (QED) is 0.611. The van der Waals surface area contributed by atoms with Crippen molar-refractivity contribution in [1.82, 2.24) is 10.2 Å². The largest absolute Gasteiger partial charge is 0.495 e. The third-order valence-corrected chi connectivity index (χ3v) is 4.92. The second-order valence-electron chi connectivity index (χ2n) is 5.07. The molecular formula is C17H15Cl2N3OS. The Balaban J connectivity index is 1.90. The molecule has 3 aromatic rings. The lowest BCUT2D eigenvalue weighted by Gasteiger charge is -2.11. The van der Waals surface area contributed by atoms with Gasteiger partial charge in [-0.25, -0.2) is 0 Å². The van der Waals surface area contributed by atoms with Crippen LogP contribution in [0.4, 0.5) is 5.82 Å². The number of thioether (sulfide) groups is 1. The molecule has 1 aromatic heterocycles. The topological polar surface area (TPSA) is 47.0 Å². The minimum atomic E-state index is 0.399. The first kappa shape index (κ1) is 17.1. The lowest BCUT2D eigenvalue weighted by molar-refractivity contribution is 0.415. The normalized spacial score (nSPS) is 10.8. The average Bonchev–Trinajstić information content (AvgIpc) is 2.61. The molecule has 0 fully saturated rings. The summed E-state index contributed by atoms with van der Waals surface area (Å²) in [6, 6.07) is 11.7. The van der Waals surface area contributed by atoms with E-state index in [0.29, 0.717) is 28.3 Å². The van der Waals surface area contributed by atoms with Gasteiger partial charge in [0.2, 0.25) is 0 Å². The summed E-state index contributed by atoms with van der Waals surface area (Å²) in [5.41, 5.74) is 1.02. The number of hydrogen-bond donors (Lipinski definition) is 1. The van der Waals surface area contributed by atoms with Crippen LogP contribution >= 0.6 is 35.0 Å². The molecule has 0 spiro atoms. The molecule has 2 aromatic carbocycles. The van der Waals surface area contributed by atoms with Crippen molar-refractivity contribution >= 4 is 51.6 Å². The number of halogens is 2. The minimum absolute atomic E-state index is 0.399. The third-order valence-electron chi connectivity index (χ3n) is 3.62. The highest BCUT2D eigenvalue weighted by Gasteiger charge is 2.09. The zero-order valence-electron chi connectivity index (χ0n) is 13.1. The molecule has 124 valence electrons. The molecule has 3 rings (SSSR count). The monoisotopic (exact) mass is 379 g/mol. The fraction of sp³-hybridized carbons (Fsp3) is 0.176. The Bertz CT molecular complexity index is 889. The number of ether oxygens (including phenoxy) is 1. The van der Waals surface area contributed by atoms with E-state index in [1.807, 2.05) is 36.6 Å². The molecule has 1 heterocycles. The summed E-state index contributed by atoms with van der Waals surface area (Å²) < 4.78 is 5.17. The highest BCUT2D eigenvalue weighted by atomic mass is 35.5. The van der Waals surface area contributed by atoms with Gasteiger partial charge < -0.3 is 10.1 Å². The fourth-order valence-electron chi connectivity index (χ4n) is 2.36. The minimum Gasteiger partial charge on any atom is -0.495 e. The van der Waals surface area contributed by atoms with Gasteiger partial charge in [-0.1, -0.05) is 29.3 Å². The van der Waals surface area contributed by atoms with Crippen LogP contribution in [-0.4, -0.2) is 23.6 Å². The molecule has 0 saturated carbocycles. The van der Waals surface area contributed by atoms with E-state index < -0.39 is 0 Å². The van der Waals surface area contributed by atoms with Gasteiger partial charge >= 0.3 is 0 Å². The lowest BCUT2D eigenvalue weighted by atomic mass is 10.1. The Hall–Kier alpha value is -1.69. The molecule has 0 aliphatic carbocycles. The van der Waals surface area contributed by atoms with Gasteiger partial charge in [0.1, 0.15) is 5.75 Å². The van der Waals surface area contributed by atoms with E-state index in [1.54, 1.807) is 18.9 Å². The van der Waals surface area contributed by atoms with Gasteiger partial charge in [-0.05, 0) is 42.2 Å². The molecular weight excluding hydrogens is 365 g/mol. The molecule has 7 heteroatoms. The number of benzene rings is 2.